The van der Waals surface area contributed by atoms with E-state index in [2.05, 4.69) is 33.7 Å². The van der Waals surface area contributed by atoms with Gasteiger partial charge in [-0.1, -0.05) is 24.3 Å². The molecule has 0 atom stereocenters. The summed E-state index contributed by atoms with van der Waals surface area (Å²) in [5.74, 6) is 0.0458. The third kappa shape index (κ3) is 4.06. The predicted molar refractivity (Wildman–Crippen MR) is 92.6 cm³/mol. The van der Waals surface area contributed by atoms with E-state index in [1.807, 2.05) is 11.0 Å². The van der Waals surface area contributed by atoms with Crippen molar-refractivity contribution in [1.82, 2.24) is 20.4 Å². The lowest BCUT2D eigenvalue weighted by molar-refractivity contribution is -0.122. The maximum Gasteiger partial charge on any atom is 0.317 e. The molecule has 6 nitrogen and oxygen atoms in total. The predicted octanol–water partition coefficient (Wildman–Crippen LogP) is 0.965. The smallest absolute Gasteiger partial charge is 0.317 e. The molecule has 1 aromatic rings. The van der Waals surface area contributed by atoms with E-state index in [0.29, 0.717) is 13.1 Å². The van der Waals surface area contributed by atoms with E-state index < -0.39 is 0 Å². The molecule has 0 spiro atoms. The molecule has 0 aliphatic carbocycles. The van der Waals surface area contributed by atoms with Gasteiger partial charge in [-0.2, -0.15) is 0 Å². The Kier molecular flexibility index (Phi) is 5.35. The lowest BCUT2D eigenvalue weighted by Gasteiger charge is -2.34. The highest BCUT2D eigenvalue weighted by Crippen LogP contribution is 2.19. The van der Waals surface area contributed by atoms with Crippen LogP contribution < -0.4 is 10.6 Å². The van der Waals surface area contributed by atoms with E-state index in [0.717, 1.165) is 38.9 Å². The third-order valence-electron chi connectivity index (χ3n) is 4.98. The Morgan fingerprint density at radius 2 is 1.83 bits per heavy atom. The van der Waals surface area contributed by atoms with Gasteiger partial charge in [0.2, 0.25) is 5.91 Å². The number of nitrogens with one attached hydrogen (secondary N) is 2. The van der Waals surface area contributed by atoms with Gasteiger partial charge >= 0.3 is 6.03 Å². The van der Waals surface area contributed by atoms with Crippen molar-refractivity contribution in [2.75, 3.05) is 33.2 Å². The van der Waals surface area contributed by atoms with Crippen LogP contribution in [0, 0.1) is 0 Å². The van der Waals surface area contributed by atoms with Crippen molar-refractivity contribution in [3.8, 4) is 0 Å². The molecule has 2 N–H and O–H groups in total. The first-order chi connectivity index (χ1) is 11.7. The summed E-state index contributed by atoms with van der Waals surface area (Å²) < 4.78 is 0. The number of carbonyl (C=O) groups is 2. The van der Waals surface area contributed by atoms with Gasteiger partial charge in [0.05, 0.1) is 6.54 Å². The molecule has 3 amide bonds. The van der Waals surface area contributed by atoms with E-state index in [1.165, 1.54) is 11.1 Å². The Labute approximate surface area is 143 Å². The molecule has 2 heterocycles. The van der Waals surface area contributed by atoms with E-state index in [-0.39, 0.29) is 18.0 Å². The summed E-state index contributed by atoms with van der Waals surface area (Å²) in [6.07, 6.45) is 2.72. The summed E-state index contributed by atoms with van der Waals surface area (Å²) in [5, 5.41) is 5.82. The van der Waals surface area contributed by atoms with Crippen molar-refractivity contribution in [3.63, 3.8) is 0 Å². The molecule has 6 heteroatoms. The second-order valence-corrected chi connectivity index (χ2v) is 6.61. The first-order valence-electron chi connectivity index (χ1n) is 8.71. The summed E-state index contributed by atoms with van der Waals surface area (Å²) in [6.45, 7) is 3.61. The van der Waals surface area contributed by atoms with Gasteiger partial charge in [0, 0.05) is 39.3 Å². The number of amides is 3. The van der Waals surface area contributed by atoms with Crippen LogP contribution in [0.3, 0.4) is 0 Å². The number of rotatable bonds is 3. The number of piperidine rings is 1. The fourth-order valence-corrected chi connectivity index (χ4v) is 3.45. The quantitative estimate of drug-likeness (QED) is 0.868. The minimum Gasteiger partial charge on any atom is -0.358 e. The van der Waals surface area contributed by atoms with E-state index >= 15 is 0 Å². The average Bonchev–Trinajstić information content (AvgIpc) is 2.62. The van der Waals surface area contributed by atoms with Crippen LogP contribution in [-0.2, 0) is 17.8 Å². The maximum absolute atomic E-state index is 12.5. The standard InChI is InChI=1S/C18H26N4O2/c1-19-17(23)13-21-9-7-16(8-10-21)20-18(24)22-11-6-14-4-2-3-5-15(14)12-22/h2-5,16H,6-13H2,1H3,(H,19,23)(H,20,24). The zero-order valence-corrected chi connectivity index (χ0v) is 14.3. The van der Waals surface area contributed by atoms with Crippen LogP contribution in [-0.4, -0.2) is 61.0 Å². The number of hydrogen-bond acceptors (Lipinski definition) is 3. The van der Waals surface area contributed by atoms with Crippen LogP contribution in [0.1, 0.15) is 24.0 Å². The molecule has 1 fully saturated rings. The number of hydrogen-bond donors (Lipinski definition) is 2. The number of fused-ring (bicyclic) bond motifs is 1. The second kappa shape index (κ2) is 7.66. The van der Waals surface area contributed by atoms with Gasteiger partial charge in [0.25, 0.3) is 0 Å². The summed E-state index contributed by atoms with van der Waals surface area (Å²) in [7, 11) is 1.66. The van der Waals surface area contributed by atoms with Gasteiger partial charge in [0.15, 0.2) is 0 Å². The number of carbonyl (C=O) groups excluding carboxylic acids is 2. The highest BCUT2D eigenvalue weighted by molar-refractivity contribution is 5.77. The molecule has 1 aromatic carbocycles. The number of nitrogens with zero attached hydrogens (tertiary/aromatic N) is 2. The number of likely N-dealkylation sites (N-methyl/N-ethyl adjacent to an activating group) is 1. The molecule has 1 saturated heterocycles. The Bertz CT molecular complexity index is 596. The highest BCUT2D eigenvalue weighted by atomic mass is 16.2. The van der Waals surface area contributed by atoms with Crippen molar-refractivity contribution in [2.24, 2.45) is 0 Å². The van der Waals surface area contributed by atoms with Gasteiger partial charge in [-0.15, -0.1) is 0 Å². The van der Waals surface area contributed by atoms with Crippen molar-refractivity contribution in [1.29, 1.82) is 0 Å². The lowest BCUT2D eigenvalue weighted by Crippen LogP contribution is -2.51. The van der Waals surface area contributed by atoms with Crippen LogP contribution in [0.2, 0.25) is 0 Å². The van der Waals surface area contributed by atoms with Crippen LogP contribution in [0.15, 0.2) is 24.3 Å². The van der Waals surface area contributed by atoms with Crippen molar-refractivity contribution < 1.29 is 9.59 Å². The monoisotopic (exact) mass is 330 g/mol. The van der Waals surface area contributed by atoms with Gasteiger partial charge < -0.3 is 15.5 Å². The molecule has 3 rings (SSSR count). The molecule has 0 saturated carbocycles. The fourth-order valence-electron chi connectivity index (χ4n) is 3.45. The first-order valence-corrected chi connectivity index (χ1v) is 8.71. The van der Waals surface area contributed by atoms with Crippen LogP contribution >= 0.6 is 0 Å². The summed E-state index contributed by atoms with van der Waals surface area (Å²) in [6, 6.07) is 8.58. The fraction of sp³-hybridized carbons (Fsp3) is 0.556. The normalized spacial score (nSPS) is 18.8. The zero-order chi connectivity index (χ0) is 16.9. The van der Waals surface area contributed by atoms with E-state index in [4.69, 9.17) is 0 Å². The molecular weight excluding hydrogens is 304 g/mol. The largest absolute Gasteiger partial charge is 0.358 e. The van der Waals surface area contributed by atoms with Crippen LogP contribution in [0.25, 0.3) is 0 Å². The zero-order valence-electron chi connectivity index (χ0n) is 14.3. The van der Waals surface area contributed by atoms with Gasteiger partial charge in [-0.05, 0) is 30.4 Å². The molecule has 0 radical (unpaired) electrons. The van der Waals surface area contributed by atoms with Gasteiger partial charge in [-0.25, -0.2) is 4.79 Å². The van der Waals surface area contributed by atoms with Crippen molar-refractivity contribution in [2.45, 2.75) is 31.8 Å². The van der Waals surface area contributed by atoms with Gasteiger partial charge in [-0.3, -0.25) is 9.69 Å². The van der Waals surface area contributed by atoms with Crippen LogP contribution in [0.4, 0.5) is 4.79 Å². The van der Waals surface area contributed by atoms with Crippen LogP contribution in [0.5, 0.6) is 0 Å². The summed E-state index contributed by atoms with van der Waals surface area (Å²) in [5.41, 5.74) is 2.60. The Balaban J connectivity index is 1.46. The highest BCUT2D eigenvalue weighted by Gasteiger charge is 2.25. The maximum atomic E-state index is 12.5. The van der Waals surface area contributed by atoms with E-state index in [1.54, 1.807) is 7.05 Å². The van der Waals surface area contributed by atoms with Gasteiger partial charge in [0.1, 0.15) is 0 Å². The first kappa shape index (κ1) is 16.8. The molecule has 24 heavy (non-hydrogen) atoms. The third-order valence-corrected chi connectivity index (χ3v) is 4.98. The number of likely N-dealkylation sites (tertiary alicyclic amines) is 1. The minimum atomic E-state index is 0.0363. The summed E-state index contributed by atoms with van der Waals surface area (Å²) in [4.78, 5) is 28.0. The van der Waals surface area contributed by atoms with E-state index in [9.17, 15) is 9.59 Å². The molecule has 0 unspecified atom stereocenters. The average molecular weight is 330 g/mol. The minimum absolute atomic E-state index is 0.0363. The Hall–Kier alpha value is -2.08. The Morgan fingerprint density at radius 3 is 2.54 bits per heavy atom. The summed E-state index contributed by atoms with van der Waals surface area (Å²) >= 11 is 0. The number of benzene rings is 1. The molecule has 0 aromatic heterocycles. The molecule has 0 bridgehead atoms. The molecule has 2 aliphatic heterocycles. The van der Waals surface area contributed by atoms with Crippen molar-refractivity contribution in [3.05, 3.63) is 35.4 Å². The SMILES string of the molecule is CNC(=O)CN1CCC(NC(=O)N2CCc3ccccc3C2)CC1. The lowest BCUT2D eigenvalue weighted by atomic mass is 10.00. The molecular formula is C18H26N4O2. The molecule has 130 valence electrons. The molecule has 2 aliphatic rings. The second-order valence-electron chi connectivity index (χ2n) is 6.61. The number of urea groups is 1. The topological polar surface area (TPSA) is 64.7 Å². The van der Waals surface area contributed by atoms with Crippen molar-refractivity contribution >= 4 is 11.9 Å². The Morgan fingerprint density at radius 1 is 1.12 bits per heavy atom.